The van der Waals surface area contributed by atoms with Gasteiger partial charge in [0, 0.05) is 24.7 Å². The number of nitrogens with zero attached hydrogens (tertiary/aromatic N) is 1. The van der Waals surface area contributed by atoms with Gasteiger partial charge in [0.15, 0.2) is 0 Å². The quantitative estimate of drug-likeness (QED) is 0.849. The average molecular weight is 371 g/mol. The molecule has 0 bridgehead atoms. The molecule has 3 amide bonds. The Bertz CT molecular complexity index is 808. The van der Waals surface area contributed by atoms with Gasteiger partial charge in [-0.1, -0.05) is 12.1 Å². The number of methoxy groups -OCH3 is 1. The fraction of sp³-hybridized carbons (Fsp3) is 0.300. The minimum absolute atomic E-state index is 0.118. The van der Waals surface area contributed by atoms with E-state index in [4.69, 9.17) is 4.74 Å². The number of likely N-dealkylation sites (tertiary alicyclic amines) is 1. The molecule has 2 aromatic carbocycles. The third kappa shape index (κ3) is 4.19. The number of halogens is 1. The number of rotatable bonds is 5. The molecule has 1 saturated heterocycles. The van der Waals surface area contributed by atoms with E-state index >= 15 is 0 Å². The van der Waals surface area contributed by atoms with E-state index in [0.29, 0.717) is 18.8 Å². The van der Waals surface area contributed by atoms with Crippen LogP contribution in [0, 0.1) is 5.82 Å². The summed E-state index contributed by atoms with van der Waals surface area (Å²) in [6, 6.07) is 11.8. The minimum Gasteiger partial charge on any atom is -0.497 e. The molecule has 1 fully saturated rings. The zero-order valence-corrected chi connectivity index (χ0v) is 15.2. The van der Waals surface area contributed by atoms with Crippen molar-refractivity contribution in [2.24, 2.45) is 0 Å². The molecule has 6 nitrogen and oxygen atoms in total. The highest BCUT2D eigenvalue weighted by molar-refractivity contribution is 5.95. The summed E-state index contributed by atoms with van der Waals surface area (Å²) in [5.74, 6) is 0.0639. The topological polar surface area (TPSA) is 70.7 Å². The molecule has 2 N–H and O–H groups in total. The molecule has 0 spiro atoms. The molecule has 0 saturated carbocycles. The summed E-state index contributed by atoms with van der Waals surface area (Å²) in [4.78, 5) is 26.8. The van der Waals surface area contributed by atoms with E-state index in [-0.39, 0.29) is 17.6 Å². The third-order valence-electron chi connectivity index (χ3n) is 4.71. The first-order chi connectivity index (χ1) is 13.0. The number of carbonyl (C=O) groups is 2. The Morgan fingerprint density at radius 1 is 1.19 bits per heavy atom. The van der Waals surface area contributed by atoms with Gasteiger partial charge in [-0.3, -0.25) is 4.79 Å². The van der Waals surface area contributed by atoms with Crippen LogP contribution in [0.4, 0.5) is 14.9 Å². The van der Waals surface area contributed by atoms with E-state index in [2.05, 4.69) is 10.6 Å². The zero-order valence-electron chi connectivity index (χ0n) is 15.2. The van der Waals surface area contributed by atoms with Crippen molar-refractivity contribution in [3.8, 4) is 5.75 Å². The smallest absolute Gasteiger partial charge is 0.319 e. The van der Waals surface area contributed by atoms with Gasteiger partial charge in [0.25, 0.3) is 0 Å². The van der Waals surface area contributed by atoms with E-state index in [1.807, 2.05) is 31.2 Å². The number of benzene rings is 2. The SMILES string of the molecule is CCN1C[C@@H](c2ccc(OC)cc2)[C@H](NC(=O)Nc2ccc(F)cc2)C1=O. The molecular weight excluding hydrogens is 349 g/mol. The van der Waals surface area contributed by atoms with Gasteiger partial charge in [0.05, 0.1) is 7.11 Å². The first-order valence-electron chi connectivity index (χ1n) is 8.77. The molecule has 0 aliphatic carbocycles. The second-order valence-corrected chi connectivity index (χ2v) is 6.34. The summed E-state index contributed by atoms with van der Waals surface area (Å²) < 4.78 is 18.2. The van der Waals surface area contributed by atoms with Crippen molar-refractivity contribution in [1.29, 1.82) is 0 Å². The molecule has 1 aliphatic heterocycles. The van der Waals surface area contributed by atoms with E-state index in [1.54, 1.807) is 12.0 Å². The van der Waals surface area contributed by atoms with Crippen LogP contribution < -0.4 is 15.4 Å². The number of likely N-dealkylation sites (N-methyl/N-ethyl adjacent to an activating group) is 1. The summed E-state index contributed by atoms with van der Waals surface area (Å²) in [5, 5.41) is 5.40. The lowest BCUT2D eigenvalue weighted by atomic mass is 9.94. The molecule has 0 radical (unpaired) electrons. The van der Waals surface area contributed by atoms with Crippen LogP contribution >= 0.6 is 0 Å². The maximum Gasteiger partial charge on any atom is 0.319 e. The number of nitrogens with one attached hydrogen (secondary N) is 2. The van der Waals surface area contributed by atoms with Crippen molar-refractivity contribution in [3.63, 3.8) is 0 Å². The van der Waals surface area contributed by atoms with Gasteiger partial charge in [-0.15, -0.1) is 0 Å². The Hall–Kier alpha value is -3.09. The van der Waals surface area contributed by atoms with Gasteiger partial charge < -0.3 is 20.3 Å². The van der Waals surface area contributed by atoms with E-state index in [0.717, 1.165) is 11.3 Å². The fourth-order valence-electron chi connectivity index (χ4n) is 3.24. The van der Waals surface area contributed by atoms with E-state index in [1.165, 1.54) is 24.3 Å². The number of hydrogen-bond acceptors (Lipinski definition) is 3. The maximum absolute atomic E-state index is 13.0. The number of anilines is 1. The highest BCUT2D eigenvalue weighted by atomic mass is 19.1. The van der Waals surface area contributed by atoms with Gasteiger partial charge in [-0.2, -0.15) is 0 Å². The van der Waals surface area contributed by atoms with Crippen molar-refractivity contribution in [2.75, 3.05) is 25.5 Å². The predicted octanol–water partition coefficient (Wildman–Crippen LogP) is 2.97. The monoisotopic (exact) mass is 371 g/mol. The summed E-state index contributed by atoms with van der Waals surface area (Å²) in [6.45, 7) is 3.01. The Morgan fingerprint density at radius 2 is 1.85 bits per heavy atom. The summed E-state index contributed by atoms with van der Waals surface area (Å²) >= 11 is 0. The van der Waals surface area contributed by atoms with Crippen LogP contribution in [0.15, 0.2) is 48.5 Å². The Balaban J connectivity index is 1.75. The highest BCUT2D eigenvalue weighted by Crippen LogP contribution is 2.30. The van der Waals surface area contributed by atoms with Crippen LogP contribution in [-0.4, -0.2) is 43.1 Å². The predicted molar refractivity (Wildman–Crippen MR) is 100 cm³/mol. The fourth-order valence-corrected chi connectivity index (χ4v) is 3.24. The molecule has 2 aromatic rings. The second kappa shape index (κ2) is 8.07. The standard InChI is InChI=1S/C20H22FN3O3/c1-3-24-12-17(13-4-10-16(27-2)11-5-13)18(19(24)25)23-20(26)22-15-8-6-14(21)7-9-15/h4-11,17-18H,3,12H2,1-2H3,(H2,22,23,26)/t17-,18-/m0/s1. The van der Waals surface area contributed by atoms with Gasteiger partial charge in [0.1, 0.15) is 17.6 Å². The summed E-state index contributed by atoms with van der Waals surface area (Å²) in [5.41, 5.74) is 1.40. The molecule has 0 unspecified atom stereocenters. The molecule has 27 heavy (non-hydrogen) atoms. The van der Waals surface area contributed by atoms with Crippen LogP contribution in [0.5, 0.6) is 5.75 Å². The van der Waals surface area contributed by atoms with Crippen LogP contribution in [0.25, 0.3) is 0 Å². The normalized spacial score (nSPS) is 19.1. The molecular formula is C20H22FN3O3. The third-order valence-corrected chi connectivity index (χ3v) is 4.71. The Kier molecular flexibility index (Phi) is 5.59. The first kappa shape index (κ1) is 18.7. The molecule has 3 rings (SSSR count). The molecule has 1 heterocycles. The number of amides is 3. The molecule has 1 aliphatic rings. The second-order valence-electron chi connectivity index (χ2n) is 6.34. The molecule has 0 aromatic heterocycles. The molecule has 142 valence electrons. The van der Waals surface area contributed by atoms with Crippen LogP contribution in [0.1, 0.15) is 18.4 Å². The van der Waals surface area contributed by atoms with Crippen molar-refractivity contribution >= 4 is 17.6 Å². The lowest BCUT2D eigenvalue weighted by molar-refractivity contribution is -0.129. The van der Waals surface area contributed by atoms with Crippen molar-refractivity contribution in [1.82, 2.24) is 10.2 Å². The maximum atomic E-state index is 13.0. The van der Waals surface area contributed by atoms with Gasteiger partial charge >= 0.3 is 6.03 Å². The van der Waals surface area contributed by atoms with Crippen LogP contribution in [0.3, 0.4) is 0 Å². The number of urea groups is 1. The number of hydrogen-bond donors (Lipinski definition) is 2. The Labute approximate surface area is 157 Å². The molecule has 2 atom stereocenters. The lowest BCUT2D eigenvalue weighted by Gasteiger charge is -2.19. The number of ether oxygens (including phenoxy) is 1. The van der Waals surface area contributed by atoms with E-state index in [9.17, 15) is 14.0 Å². The number of carbonyl (C=O) groups excluding carboxylic acids is 2. The van der Waals surface area contributed by atoms with Crippen LogP contribution in [0.2, 0.25) is 0 Å². The average Bonchev–Trinajstić information content (AvgIpc) is 2.99. The molecule has 7 heteroatoms. The lowest BCUT2D eigenvalue weighted by Crippen LogP contribution is -2.45. The Morgan fingerprint density at radius 3 is 2.44 bits per heavy atom. The van der Waals surface area contributed by atoms with Gasteiger partial charge in [0.2, 0.25) is 5.91 Å². The zero-order chi connectivity index (χ0) is 19.4. The van der Waals surface area contributed by atoms with Gasteiger partial charge in [-0.05, 0) is 48.9 Å². The largest absolute Gasteiger partial charge is 0.497 e. The van der Waals surface area contributed by atoms with Crippen molar-refractivity contribution in [3.05, 3.63) is 59.9 Å². The van der Waals surface area contributed by atoms with Crippen LogP contribution in [-0.2, 0) is 4.79 Å². The van der Waals surface area contributed by atoms with E-state index < -0.39 is 12.1 Å². The highest BCUT2D eigenvalue weighted by Gasteiger charge is 2.41. The van der Waals surface area contributed by atoms with Crippen molar-refractivity contribution in [2.45, 2.75) is 18.9 Å². The van der Waals surface area contributed by atoms with Crippen molar-refractivity contribution < 1.29 is 18.7 Å². The summed E-state index contributed by atoms with van der Waals surface area (Å²) in [6.07, 6.45) is 0. The summed E-state index contributed by atoms with van der Waals surface area (Å²) in [7, 11) is 1.59. The first-order valence-corrected chi connectivity index (χ1v) is 8.77. The minimum atomic E-state index is -0.668. The van der Waals surface area contributed by atoms with Gasteiger partial charge in [-0.25, -0.2) is 9.18 Å².